The average molecular weight is 301 g/mol. The van der Waals surface area contributed by atoms with Gasteiger partial charge in [-0.15, -0.1) is 11.3 Å². The summed E-state index contributed by atoms with van der Waals surface area (Å²) >= 11 is 1.32. The van der Waals surface area contributed by atoms with Crippen molar-refractivity contribution in [3.8, 4) is 0 Å². The zero-order valence-corrected chi connectivity index (χ0v) is 12.2. The summed E-state index contributed by atoms with van der Waals surface area (Å²) in [7, 11) is -3.62. The lowest BCUT2D eigenvalue weighted by molar-refractivity contribution is 0.427. The summed E-state index contributed by atoms with van der Waals surface area (Å²) in [5.74, 6) is 0.977. The Bertz CT molecular complexity index is 660. The van der Waals surface area contributed by atoms with Crippen molar-refractivity contribution in [1.29, 1.82) is 0 Å². The molecule has 2 rings (SSSR count). The van der Waals surface area contributed by atoms with Gasteiger partial charge in [-0.2, -0.15) is 4.72 Å². The van der Waals surface area contributed by atoms with Gasteiger partial charge in [0.25, 0.3) is 0 Å². The molecule has 19 heavy (non-hydrogen) atoms. The van der Waals surface area contributed by atoms with Crippen LogP contribution < -0.4 is 10.5 Å². The van der Waals surface area contributed by atoms with Crippen LogP contribution in [0.15, 0.2) is 27.0 Å². The van der Waals surface area contributed by atoms with Crippen LogP contribution in [0.25, 0.3) is 0 Å². The predicted molar refractivity (Wildman–Crippen MR) is 72.2 cm³/mol. The van der Waals surface area contributed by atoms with Gasteiger partial charge in [0.2, 0.25) is 15.9 Å². The fourth-order valence-corrected chi connectivity index (χ4v) is 4.17. The Morgan fingerprint density at radius 2 is 2.32 bits per heavy atom. The van der Waals surface area contributed by atoms with Crippen LogP contribution in [0.2, 0.25) is 0 Å². The van der Waals surface area contributed by atoms with Crippen LogP contribution in [-0.2, 0) is 16.6 Å². The van der Waals surface area contributed by atoms with Crippen LogP contribution in [0.4, 0.5) is 0 Å². The maximum absolute atomic E-state index is 12.2. The molecule has 2 aromatic rings. The number of hydrogen-bond acceptors (Lipinski definition) is 6. The summed E-state index contributed by atoms with van der Waals surface area (Å²) in [6, 6.07) is 1.01. The summed E-state index contributed by atoms with van der Waals surface area (Å²) in [4.78, 5) is 4.85. The van der Waals surface area contributed by atoms with Gasteiger partial charge in [0.1, 0.15) is 5.76 Å². The Kier molecular flexibility index (Phi) is 4.04. The normalized spacial score (nSPS) is 13.6. The third-order valence-electron chi connectivity index (χ3n) is 2.52. The number of oxazole rings is 1. The highest BCUT2D eigenvalue weighted by atomic mass is 32.2. The van der Waals surface area contributed by atoms with Crippen LogP contribution in [0.3, 0.4) is 0 Å². The minimum absolute atomic E-state index is 0.195. The fraction of sp³-hybridized carbons (Fsp3) is 0.364. The van der Waals surface area contributed by atoms with Crippen LogP contribution in [-0.4, -0.2) is 13.4 Å². The maximum atomic E-state index is 12.2. The number of aryl methyl sites for hydroxylation is 1. The Morgan fingerprint density at radius 3 is 2.89 bits per heavy atom. The molecule has 0 bridgehead atoms. The van der Waals surface area contributed by atoms with Crippen molar-refractivity contribution in [3.63, 3.8) is 0 Å². The molecule has 6 nitrogen and oxygen atoms in total. The van der Waals surface area contributed by atoms with E-state index in [1.165, 1.54) is 11.3 Å². The average Bonchev–Trinajstić information content (AvgIpc) is 2.96. The second kappa shape index (κ2) is 5.41. The van der Waals surface area contributed by atoms with Crippen molar-refractivity contribution in [2.45, 2.75) is 31.3 Å². The number of nitrogens with zero attached hydrogens (tertiary/aromatic N) is 1. The van der Waals surface area contributed by atoms with Crippen molar-refractivity contribution in [2.75, 3.05) is 0 Å². The van der Waals surface area contributed by atoms with E-state index in [1.807, 2.05) is 0 Å². The van der Waals surface area contributed by atoms with E-state index < -0.39 is 16.1 Å². The van der Waals surface area contributed by atoms with E-state index in [0.29, 0.717) is 16.5 Å². The van der Waals surface area contributed by atoms with E-state index in [-0.39, 0.29) is 11.4 Å². The lowest BCUT2D eigenvalue weighted by atomic mass is 10.4. The van der Waals surface area contributed by atoms with Crippen molar-refractivity contribution in [2.24, 2.45) is 5.73 Å². The summed E-state index contributed by atoms with van der Waals surface area (Å²) < 4.78 is 32.3. The van der Waals surface area contributed by atoms with Gasteiger partial charge >= 0.3 is 0 Å². The molecule has 2 aromatic heterocycles. The number of sulfonamides is 1. The lowest BCUT2D eigenvalue weighted by Gasteiger charge is -2.11. The van der Waals surface area contributed by atoms with Crippen LogP contribution in [0, 0.1) is 6.92 Å². The Hall–Kier alpha value is -1.22. The van der Waals surface area contributed by atoms with E-state index in [1.54, 1.807) is 31.5 Å². The smallest absolute Gasteiger partial charge is 0.242 e. The molecule has 0 aromatic carbocycles. The monoisotopic (exact) mass is 301 g/mol. The molecule has 2 heterocycles. The summed E-state index contributed by atoms with van der Waals surface area (Å²) in [6.07, 6.45) is 1.55. The summed E-state index contributed by atoms with van der Waals surface area (Å²) in [6.45, 7) is 3.63. The molecule has 8 heteroatoms. The fourth-order valence-electron chi connectivity index (χ4n) is 1.64. The first-order valence-corrected chi connectivity index (χ1v) is 8.01. The number of thiophene rings is 1. The lowest BCUT2D eigenvalue weighted by Crippen LogP contribution is -2.27. The molecule has 0 spiro atoms. The van der Waals surface area contributed by atoms with Gasteiger partial charge in [-0.25, -0.2) is 13.4 Å². The first-order valence-electron chi connectivity index (χ1n) is 5.65. The summed E-state index contributed by atoms with van der Waals surface area (Å²) in [5.41, 5.74) is 5.52. The minimum Gasteiger partial charge on any atom is -0.444 e. The topological polar surface area (TPSA) is 98.2 Å². The van der Waals surface area contributed by atoms with Crippen molar-refractivity contribution in [3.05, 3.63) is 34.2 Å². The standard InChI is InChI=1S/C11H15N3O3S2/c1-7-6-13-11(17-7)8(2)14-19(15,16)10-3-4-18-9(10)5-12/h3-4,6,8,14H,5,12H2,1-2H3. The van der Waals surface area contributed by atoms with Gasteiger partial charge in [0.15, 0.2) is 0 Å². The van der Waals surface area contributed by atoms with Gasteiger partial charge in [-0.05, 0) is 25.3 Å². The molecule has 3 N–H and O–H groups in total. The van der Waals surface area contributed by atoms with Gasteiger partial charge in [0.05, 0.1) is 17.1 Å². The van der Waals surface area contributed by atoms with Crippen molar-refractivity contribution in [1.82, 2.24) is 9.71 Å². The molecular formula is C11H15N3O3S2. The van der Waals surface area contributed by atoms with Crippen LogP contribution >= 0.6 is 11.3 Å². The number of nitrogens with two attached hydrogens (primary N) is 1. The number of rotatable bonds is 5. The van der Waals surface area contributed by atoms with Gasteiger partial charge in [0, 0.05) is 11.4 Å². The predicted octanol–water partition coefficient (Wildman–Crippen LogP) is 1.54. The Labute approximate surface area is 115 Å². The van der Waals surface area contributed by atoms with E-state index in [2.05, 4.69) is 9.71 Å². The molecule has 0 radical (unpaired) electrons. The third kappa shape index (κ3) is 3.03. The third-order valence-corrected chi connectivity index (χ3v) is 5.22. The minimum atomic E-state index is -3.62. The molecule has 0 amide bonds. The number of aromatic nitrogens is 1. The van der Waals surface area contributed by atoms with Gasteiger partial charge < -0.3 is 10.2 Å². The molecule has 1 atom stereocenters. The molecule has 104 valence electrons. The van der Waals surface area contributed by atoms with Crippen molar-refractivity contribution < 1.29 is 12.8 Å². The highest BCUT2D eigenvalue weighted by molar-refractivity contribution is 7.89. The van der Waals surface area contributed by atoms with Crippen molar-refractivity contribution >= 4 is 21.4 Å². The molecule has 0 aliphatic heterocycles. The Morgan fingerprint density at radius 1 is 1.58 bits per heavy atom. The van der Waals surface area contributed by atoms with Crippen LogP contribution in [0.1, 0.15) is 29.5 Å². The van der Waals surface area contributed by atoms with Crippen LogP contribution in [0.5, 0.6) is 0 Å². The first kappa shape index (κ1) is 14.2. The van der Waals surface area contributed by atoms with E-state index >= 15 is 0 Å². The van der Waals surface area contributed by atoms with Gasteiger partial charge in [-0.3, -0.25) is 0 Å². The van der Waals surface area contributed by atoms with Gasteiger partial charge in [-0.1, -0.05) is 0 Å². The molecule has 0 aliphatic carbocycles. The zero-order valence-electron chi connectivity index (χ0n) is 10.6. The first-order chi connectivity index (χ1) is 8.94. The van der Waals surface area contributed by atoms with E-state index in [0.717, 1.165) is 0 Å². The Balaban J connectivity index is 2.22. The quantitative estimate of drug-likeness (QED) is 0.873. The molecular weight excluding hydrogens is 286 g/mol. The molecule has 0 aliphatic rings. The summed E-state index contributed by atoms with van der Waals surface area (Å²) in [5, 5.41) is 1.71. The highest BCUT2D eigenvalue weighted by Gasteiger charge is 2.24. The second-order valence-electron chi connectivity index (χ2n) is 4.06. The van der Waals surface area contributed by atoms with E-state index in [4.69, 9.17) is 10.2 Å². The number of nitrogens with one attached hydrogen (secondary N) is 1. The molecule has 1 unspecified atom stereocenters. The second-order valence-corrected chi connectivity index (χ2v) is 6.75. The maximum Gasteiger partial charge on any atom is 0.242 e. The largest absolute Gasteiger partial charge is 0.444 e. The SMILES string of the molecule is Cc1cnc(C(C)NS(=O)(=O)c2ccsc2CN)o1. The molecule has 0 saturated heterocycles. The highest BCUT2D eigenvalue weighted by Crippen LogP contribution is 2.23. The van der Waals surface area contributed by atoms with E-state index in [9.17, 15) is 8.42 Å². The molecule has 0 fully saturated rings. The molecule has 0 saturated carbocycles. The number of hydrogen-bond donors (Lipinski definition) is 2. The zero-order chi connectivity index (χ0) is 14.0.